The summed E-state index contributed by atoms with van der Waals surface area (Å²) >= 11 is 6.21. The maximum absolute atomic E-state index is 12.8. The second-order valence-corrected chi connectivity index (χ2v) is 8.95. The summed E-state index contributed by atoms with van der Waals surface area (Å²) in [5.41, 5.74) is 0.674. The van der Waals surface area contributed by atoms with Crippen LogP contribution in [0.25, 0.3) is 11.0 Å². The molecule has 154 valence electrons. The molecule has 0 atom stereocenters. The van der Waals surface area contributed by atoms with E-state index in [9.17, 15) is 18.0 Å². The molecule has 7 nitrogen and oxygen atoms in total. The van der Waals surface area contributed by atoms with E-state index in [0.29, 0.717) is 34.6 Å². The number of aryl methyl sites for hydroxylation is 1. The molecular weight excluding hydrogens is 416 g/mol. The number of aromatic nitrogens is 1. The third-order valence-corrected chi connectivity index (χ3v) is 7.19. The summed E-state index contributed by atoms with van der Waals surface area (Å²) in [5, 5.41) is 1.09. The average Bonchev–Trinajstić information content (AvgIpc) is 2.65. The Morgan fingerprint density at radius 2 is 1.79 bits per heavy atom. The topological polar surface area (TPSA) is 89.6 Å². The molecule has 0 unspecified atom stereocenters. The number of halogens is 1. The maximum atomic E-state index is 12.8. The van der Waals surface area contributed by atoms with Crippen molar-refractivity contribution in [3.8, 4) is 0 Å². The number of nitrogens with zero attached hydrogens (tertiary/aromatic N) is 2. The van der Waals surface area contributed by atoms with Gasteiger partial charge in [0.15, 0.2) is 0 Å². The molecule has 0 saturated carbocycles. The van der Waals surface area contributed by atoms with Crippen LogP contribution in [-0.4, -0.2) is 30.4 Å². The van der Waals surface area contributed by atoms with Crippen LogP contribution in [0, 0.1) is 6.92 Å². The number of rotatable bonds is 6. The zero-order valence-electron chi connectivity index (χ0n) is 16.3. The first-order valence-corrected chi connectivity index (χ1v) is 10.9. The first-order chi connectivity index (χ1) is 13.7. The Kier molecular flexibility index (Phi) is 5.97. The first kappa shape index (κ1) is 21.3. The van der Waals surface area contributed by atoms with E-state index in [1.54, 1.807) is 32.9 Å². The minimum atomic E-state index is -3.72. The Morgan fingerprint density at radius 3 is 2.45 bits per heavy atom. The van der Waals surface area contributed by atoms with Crippen molar-refractivity contribution in [3.05, 3.63) is 73.5 Å². The predicted molar refractivity (Wildman–Crippen MR) is 112 cm³/mol. The largest absolute Gasteiger partial charge is 0.423 e. The van der Waals surface area contributed by atoms with Gasteiger partial charge in [0, 0.05) is 41.8 Å². The highest BCUT2D eigenvalue weighted by atomic mass is 35.5. The van der Waals surface area contributed by atoms with Crippen molar-refractivity contribution in [1.29, 1.82) is 0 Å². The zero-order chi connectivity index (χ0) is 21.3. The maximum Gasteiger partial charge on any atom is 0.336 e. The van der Waals surface area contributed by atoms with E-state index in [4.69, 9.17) is 16.0 Å². The number of pyridine rings is 1. The first-order valence-electron chi connectivity index (χ1n) is 9.11. The summed E-state index contributed by atoms with van der Waals surface area (Å²) in [6, 6.07) is 7.12. The van der Waals surface area contributed by atoms with Crippen molar-refractivity contribution < 1.29 is 12.8 Å². The summed E-state index contributed by atoms with van der Waals surface area (Å²) in [6.07, 6.45) is 1.30. The number of sulfonamides is 1. The molecule has 0 spiro atoms. The average molecular weight is 437 g/mol. The van der Waals surface area contributed by atoms with E-state index in [-0.39, 0.29) is 17.0 Å². The van der Waals surface area contributed by atoms with Gasteiger partial charge < -0.3 is 8.98 Å². The summed E-state index contributed by atoms with van der Waals surface area (Å²) in [5.74, 6) is 0. The molecule has 0 bridgehead atoms. The van der Waals surface area contributed by atoms with Crippen LogP contribution in [0.5, 0.6) is 0 Å². The number of fused-ring (bicyclic) bond motifs is 1. The molecule has 0 radical (unpaired) electrons. The van der Waals surface area contributed by atoms with Crippen LogP contribution in [0.4, 0.5) is 0 Å². The van der Waals surface area contributed by atoms with Gasteiger partial charge in [-0.05, 0) is 36.2 Å². The van der Waals surface area contributed by atoms with Crippen LogP contribution >= 0.6 is 11.6 Å². The van der Waals surface area contributed by atoms with Crippen molar-refractivity contribution in [1.82, 2.24) is 8.87 Å². The lowest BCUT2D eigenvalue weighted by Gasteiger charge is -2.19. The molecule has 2 heterocycles. The molecule has 1 aromatic carbocycles. The quantitative estimate of drug-likeness (QED) is 0.554. The van der Waals surface area contributed by atoms with Crippen molar-refractivity contribution in [3.63, 3.8) is 0 Å². The van der Waals surface area contributed by atoms with Crippen molar-refractivity contribution in [2.75, 3.05) is 13.1 Å². The smallest absolute Gasteiger partial charge is 0.336 e. The minimum absolute atomic E-state index is 0.00192. The molecule has 0 saturated heterocycles. The summed E-state index contributed by atoms with van der Waals surface area (Å²) in [4.78, 5) is 24.4. The lowest BCUT2D eigenvalue weighted by molar-refractivity contribution is 0.444. The Balaban J connectivity index is 2.14. The molecule has 9 heteroatoms. The summed E-state index contributed by atoms with van der Waals surface area (Å²) in [7, 11) is -3.72. The molecule has 29 heavy (non-hydrogen) atoms. The van der Waals surface area contributed by atoms with Crippen LogP contribution in [0.2, 0.25) is 5.02 Å². The highest BCUT2D eigenvalue weighted by Crippen LogP contribution is 2.25. The Hall–Kier alpha value is -2.42. The van der Waals surface area contributed by atoms with E-state index in [0.717, 1.165) is 5.56 Å². The van der Waals surface area contributed by atoms with Crippen LogP contribution in [0.15, 0.2) is 55.4 Å². The van der Waals surface area contributed by atoms with Gasteiger partial charge in [-0.15, -0.1) is 0 Å². The van der Waals surface area contributed by atoms with Crippen molar-refractivity contribution in [2.24, 2.45) is 0 Å². The molecule has 2 aromatic heterocycles. The van der Waals surface area contributed by atoms with Gasteiger partial charge in [0.1, 0.15) is 5.58 Å². The number of hydrogen-bond donors (Lipinski definition) is 0. The van der Waals surface area contributed by atoms with E-state index >= 15 is 0 Å². The Labute approximate surface area is 173 Å². The van der Waals surface area contributed by atoms with Gasteiger partial charge in [-0.2, -0.15) is 4.31 Å². The molecule has 0 amide bonds. The van der Waals surface area contributed by atoms with Crippen LogP contribution in [0.3, 0.4) is 0 Å². The fourth-order valence-electron chi connectivity index (χ4n) is 3.16. The molecule has 0 N–H and O–H groups in total. The minimum Gasteiger partial charge on any atom is -0.423 e. The highest BCUT2D eigenvalue weighted by molar-refractivity contribution is 7.89. The monoisotopic (exact) mass is 436 g/mol. The molecular formula is C20H21ClN2O5S. The molecule has 0 fully saturated rings. The molecule has 0 aliphatic rings. The molecule has 3 rings (SSSR count). The summed E-state index contributed by atoms with van der Waals surface area (Å²) < 4.78 is 33.4. The third-order valence-electron chi connectivity index (χ3n) is 4.75. The van der Waals surface area contributed by atoms with Gasteiger partial charge in [0.05, 0.1) is 11.4 Å². The van der Waals surface area contributed by atoms with Gasteiger partial charge in [-0.3, -0.25) is 4.79 Å². The Bertz CT molecular complexity index is 1290. The van der Waals surface area contributed by atoms with Gasteiger partial charge in [-0.1, -0.05) is 25.4 Å². The van der Waals surface area contributed by atoms with E-state index in [1.165, 1.54) is 33.3 Å². The fourth-order valence-corrected chi connectivity index (χ4v) is 4.80. The third kappa shape index (κ3) is 4.14. The zero-order valence-corrected chi connectivity index (χ0v) is 17.9. The van der Waals surface area contributed by atoms with Crippen molar-refractivity contribution in [2.45, 2.75) is 32.2 Å². The van der Waals surface area contributed by atoms with E-state index in [2.05, 4.69) is 0 Å². The molecule has 0 aliphatic carbocycles. The van der Waals surface area contributed by atoms with Gasteiger partial charge >= 0.3 is 5.63 Å². The van der Waals surface area contributed by atoms with E-state index in [1.807, 2.05) is 0 Å². The van der Waals surface area contributed by atoms with Crippen LogP contribution in [-0.2, 0) is 16.6 Å². The number of benzene rings is 1. The van der Waals surface area contributed by atoms with E-state index < -0.39 is 15.6 Å². The van der Waals surface area contributed by atoms with Gasteiger partial charge in [0.2, 0.25) is 10.0 Å². The lowest BCUT2D eigenvalue weighted by atomic mass is 10.1. The van der Waals surface area contributed by atoms with Crippen LogP contribution in [0.1, 0.15) is 25.0 Å². The molecule has 3 aromatic rings. The highest BCUT2D eigenvalue weighted by Gasteiger charge is 2.22. The second kappa shape index (κ2) is 8.14. The number of hydrogen-bond acceptors (Lipinski definition) is 5. The standard InChI is InChI=1S/C20H21ClN2O5S/c1-4-23(5-2)29(26,27)15-6-7-19(24)22(12-15)11-14-9-20(25)28-18-8-13(3)17(21)10-16(14)18/h6-10,12H,4-5,11H2,1-3H3. The normalized spacial score (nSPS) is 12.0. The second-order valence-electron chi connectivity index (χ2n) is 6.61. The fraction of sp³-hybridized carbons (Fsp3) is 0.300. The molecule has 0 aliphatic heterocycles. The lowest BCUT2D eigenvalue weighted by Crippen LogP contribution is -2.32. The SMILES string of the molecule is CCN(CC)S(=O)(=O)c1ccc(=O)n(Cc2cc(=O)oc3cc(C)c(Cl)cc23)c1. The van der Waals surface area contributed by atoms with Gasteiger partial charge in [-0.25, -0.2) is 13.2 Å². The summed E-state index contributed by atoms with van der Waals surface area (Å²) in [6.45, 7) is 5.93. The Morgan fingerprint density at radius 1 is 1.10 bits per heavy atom. The van der Waals surface area contributed by atoms with Gasteiger partial charge in [0.25, 0.3) is 5.56 Å². The predicted octanol–water partition coefficient (Wildman–Crippen LogP) is 3.00. The van der Waals surface area contributed by atoms with Crippen LogP contribution < -0.4 is 11.2 Å². The van der Waals surface area contributed by atoms with Crippen molar-refractivity contribution >= 4 is 32.6 Å².